The molecule has 2 amide bonds. The molecule has 28 heavy (non-hydrogen) atoms. The topological polar surface area (TPSA) is 91.4 Å². The maximum Gasteiger partial charge on any atom is 0.257 e. The molecule has 3 rings (SSSR count). The number of hydrogen-bond donors (Lipinski definition) is 2. The molecule has 2 N–H and O–H groups in total. The van der Waals surface area contributed by atoms with Gasteiger partial charge in [0.05, 0.1) is 10.9 Å². The fraction of sp³-hybridized carbons (Fsp3) is 0.200. The summed E-state index contributed by atoms with van der Waals surface area (Å²) in [5, 5.41) is 6.03. The van der Waals surface area contributed by atoms with Crippen LogP contribution >= 0.6 is 11.3 Å². The predicted molar refractivity (Wildman–Crippen MR) is 111 cm³/mol. The second-order valence-corrected chi connectivity index (χ2v) is 7.38. The first kappa shape index (κ1) is 19.7. The van der Waals surface area contributed by atoms with E-state index in [1.807, 2.05) is 25.1 Å². The Hall–Kier alpha value is -3.10. The Morgan fingerprint density at radius 3 is 2.50 bits per heavy atom. The smallest absolute Gasteiger partial charge is 0.257 e. The van der Waals surface area contributed by atoms with E-state index in [-0.39, 0.29) is 21.7 Å². The molecule has 0 aliphatic rings. The van der Waals surface area contributed by atoms with E-state index in [0.29, 0.717) is 28.6 Å². The number of aromatic nitrogens is 1. The maximum absolute atomic E-state index is 12.5. The molecule has 0 bridgehead atoms. The van der Waals surface area contributed by atoms with Crippen molar-refractivity contribution in [2.75, 3.05) is 32.5 Å². The third-order valence-electron chi connectivity index (χ3n) is 3.99. The average Bonchev–Trinajstić information content (AvgIpc) is 2.68. The number of rotatable bonds is 6. The molecular weight excluding hydrogens is 376 g/mol. The molecule has 0 atom stereocenters. The summed E-state index contributed by atoms with van der Waals surface area (Å²) < 4.78 is -0.267. The van der Waals surface area contributed by atoms with Crippen molar-refractivity contribution in [3.63, 3.8) is 0 Å². The van der Waals surface area contributed by atoms with Gasteiger partial charge < -0.3 is 10.2 Å². The van der Waals surface area contributed by atoms with Crippen molar-refractivity contribution in [2.24, 2.45) is 0 Å². The molecule has 0 saturated carbocycles. The molecular formula is C20H20N4O3S. The van der Waals surface area contributed by atoms with Crippen molar-refractivity contribution in [1.82, 2.24) is 15.2 Å². The quantitative estimate of drug-likeness (QED) is 0.667. The molecule has 1 heterocycles. The molecule has 1 aromatic heterocycles. The molecule has 0 fully saturated rings. The Bertz CT molecular complexity index is 1060. The standard InChI is InChI=1S/C20H20N4O3S/c1-24(2)11-10-21-17(25)14-8-9-16-15(12-14)19(27)28-20(22-16)23-18(26)13-6-4-3-5-7-13/h3-9,12H,10-11H2,1-2H3,(H,21,25)(H,22,23,26). The van der Waals surface area contributed by atoms with Crippen molar-refractivity contribution in [3.8, 4) is 0 Å². The van der Waals surface area contributed by atoms with Crippen LogP contribution in [0.25, 0.3) is 10.9 Å². The highest BCUT2D eigenvalue weighted by Crippen LogP contribution is 2.17. The number of amides is 2. The molecule has 0 spiro atoms. The zero-order chi connectivity index (χ0) is 20.1. The zero-order valence-electron chi connectivity index (χ0n) is 15.6. The molecule has 0 aliphatic carbocycles. The van der Waals surface area contributed by atoms with Crippen molar-refractivity contribution in [3.05, 3.63) is 69.2 Å². The highest BCUT2D eigenvalue weighted by Gasteiger charge is 2.12. The number of benzene rings is 2. The fourth-order valence-corrected chi connectivity index (χ4v) is 3.26. The van der Waals surface area contributed by atoms with Crippen molar-refractivity contribution in [1.29, 1.82) is 0 Å². The van der Waals surface area contributed by atoms with Gasteiger partial charge in [-0.25, -0.2) is 4.98 Å². The SMILES string of the molecule is CN(C)CCNC(=O)c1ccc2nc(NC(=O)c3ccccc3)sc(=O)c2c1. The van der Waals surface area contributed by atoms with Gasteiger partial charge in [-0.05, 0) is 44.4 Å². The first-order valence-corrected chi connectivity index (χ1v) is 9.50. The number of likely N-dealkylation sites (N-methyl/N-ethyl adjacent to an activating group) is 1. The van der Waals surface area contributed by atoms with Gasteiger partial charge in [0.1, 0.15) is 0 Å². The fourth-order valence-electron chi connectivity index (χ4n) is 2.52. The lowest BCUT2D eigenvalue weighted by molar-refractivity contribution is 0.0950. The molecule has 3 aromatic rings. The summed E-state index contributed by atoms with van der Waals surface area (Å²) in [6.07, 6.45) is 0. The predicted octanol–water partition coefficient (Wildman–Crippen LogP) is 2.20. The lowest BCUT2D eigenvalue weighted by Gasteiger charge is -2.10. The highest BCUT2D eigenvalue weighted by molar-refractivity contribution is 7.13. The number of carbonyl (C=O) groups is 2. The van der Waals surface area contributed by atoms with Crippen LogP contribution in [-0.4, -0.2) is 48.9 Å². The molecule has 144 valence electrons. The minimum Gasteiger partial charge on any atom is -0.351 e. The first-order chi connectivity index (χ1) is 13.4. The van der Waals surface area contributed by atoms with Gasteiger partial charge in [0.2, 0.25) is 4.74 Å². The minimum atomic E-state index is -0.333. The van der Waals surface area contributed by atoms with E-state index in [9.17, 15) is 14.4 Å². The Balaban J connectivity index is 1.80. The Kier molecular flexibility index (Phi) is 6.13. The third-order valence-corrected chi connectivity index (χ3v) is 4.78. The number of nitrogens with zero attached hydrogens (tertiary/aromatic N) is 2. The molecule has 0 saturated heterocycles. The lowest BCUT2D eigenvalue weighted by Crippen LogP contribution is -2.31. The van der Waals surface area contributed by atoms with E-state index in [1.165, 1.54) is 6.07 Å². The van der Waals surface area contributed by atoms with Crippen LogP contribution in [0.4, 0.5) is 5.13 Å². The van der Waals surface area contributed by atoms with E-state index < -0.39 is 0 Å². The van der Waals surface area contributed by atoms with Gasteiger partial charge in [0.25, 0.3) is 11.8 Å². The summed E-state index contributed by atoms with van der Waals surface area (Å²) in [4.78, 5) is 43.3. The average molecular weight is 396 g/mol. The maximum atomic E-state index is 12.5. The largest absolute Gasteiger partial charge is 0.351 e. The lowest BCUT2D eigenvalue weighted by atomic mass is 10.1. The minimum absolute atomic E-state index is 0.217. The van der Waals surface area contributed by atoms with Crippen LogP contribution in [0.2, 0.25) is 0 Å². The first-order valence-electron chi connectivity index (χ1n) is 8.68. The summed E-state index contributed by atoms with van der Waals surface area (Å²) in [5.41, 5.74) is 1.31. The van der Waals surface area contributed by atoms with Crippen LogP contribution in [0.5, 0.6) is 0 Å². The Labute approximate surface area is 166 Å². The van der Waals surface area contributed by atoms with Crippen molar-refractivity contribution in [2.45, 2.75) is 0 Å². The van der Waals surface area contributed by atoms with Crippen LogP contribution in [-0.2, 0) is 0 Å². The molecule has 0 aliphatic heterocycles. The third kappa shape index (κ3) is 4.79. The van der Waals surface area contributed by atoms with Gasteiger partial charge in [-0.3, -0.25) is 19.7 Å². The molecule has 2 aromatic carbocycles. The van der Waals surface area contributed by atoms with Crippen LogP contribution in [0, 0.1) is 0 Å². The van der Waals surface area contributed by atoms with Crippen LogP contribution in [0.15, 0.2) is 53.3 Å². The summed E-state index contributed by atoms with van der Waals surface area (Å²) in [6, 6.07) is 13.5. The monoisotopic (exact) mass is 396 g/mol. The Morgan fingerprint density at radius 2 is 1.79 bits per heavy atom. The van der Waals surface area contributed by atoms with Crippen LogP contribution in [0.3, 0.4) is 0 Å². The van der Waals surface area contributed by atoms with Gasteiger partial charge >= 0.3 is 0 Å². The molecule has 0 radical (unpaired) electrons. The normalized spacial score (nSPS) is 10.8. The van der Waals surface area contributed by atoms with Crippen LogP contribution < -0.4 is 15.4 Å². The van der Waals surface area contributed by atoms with E-state index in [4.69, 9.17) is 0 Å². The van der Waals surface area contributed by atoms with Gasteiger partial charge in [0, 0.05) is 24.2 Å². The summed E-state index contributed by atoms with van der Waals surface area (Å²) in [5.74, 6) is -0.574. The number of nitrogens with one attached hydrogen (secondary N) is 2. The molecule has 7 nitrogen and oxygen atoms in total. The number of anilines is 1. The number of carbonyl (C=O) groups excluding carboxylic acids is 2. The van der Waals surface area contributed by atoms with E-state index in [1.54, 1.807) is 36.4 Å². The second-order valence-electron chi connectivity index (χ2n) is 6.42. The Morgan fingerprint density at radius 1 is 1.04 bits per heavy atom. The van der Waals surface area contributed by atoms with Gasteiger partial charge in [-0.1, -0.05) is 29.5 Å². The molecule has 8 heteroatoms. The number of hydrogen-bond acceptors (Lipinski definition) is 6. The summed E-state index contributed by atoms with van der Waals surface area (Å²) in [6.45, 7) is 1.24. The van der Waals surface area contributed by atoms with Gasteiger partial charge in [-0.15, -0.1) is 0 Å². The number of fused-ring (bicyclic) bond motifs is 1. The van der Waals surface area contributed by atoms with Crippen molar-refractivity contribution < 1.29 is 9.59 Å². The van der Waals surface area contributed by atoms with Crippen LogP contribution in [0.1, 0.15) is 20.7 Å². The zero-order valence-corrected chi connectivity index (χ0v) is 16.4. The van der Waals surface area contributed by atoms with E-state index in [0.717, 1.165) is 17.9 Å². The summed E-state index contributed by atoms with van der Waals surface area (Å²) >= 11 is 0.835. The summed E-state index contributed by atoms with van der Waals surface area (Å²) in [7, 11) is 3.85. The van der Waals surface area contributed by atoms with Crippen molar-refractivity contribution >= 4 is 39.2 Å². The van der Waals surface area contributed by atoms with E-state index >= 15 is 0 Å². The highest BCUT2D eigenvalue weighted by atomic mass is 32.1. The second kappa shape index (κ2) is 8.73. The molecule has 0 unspecified atom stereocenters. The van der Waals surface area contributed by atoms with E-state index in [2.05, 4.69) is 15.6 Å². The van der Waals surface area contributed by atoms with Gasteiger partial charge in [-0.2, -0.15) is 0 Å². The van der Waals surface area contributed by atoms with Gasteiger partial charge in [0.15, 0.2) is 5.13 Å².